The molecule has 0 aromatic rings. The lowest BCUT2D eigenvalue weighted by Gasteiger charge is -2.21. The van der Waals surface area contributed by atoms with Gasteiger partial charge in [-0.15, -0.1) is 0 Å². The molecule has 3 heteroatoms. The van der Waals surface area contributed by atoms with E-state index in [-0.39, 0.29) is 6.42 Å². The van der Waals surface area contributed by atoms with Crippen molar-refractivity contribution in [3.05, 3.63) is 24.3 Å². The maximum Gasteiger partial charge on any atom is 0.303 e. The quantitative estimate of drug-likeness (QED) is 0.366. The fourth-order valence-corrected chi connectivity index (χ4v) is 3.52. The van der Waals surface area contributed by atoms with Gasteiger partial charge in [-0.3, -0.25) is 4.79 Å². The molecule has 0 aromatic heterocycles. The summed E-state index contributed by atoms with van der Waals surface area (Å²) in [4.78, 5) is 10.5. The molecule has 138 valence electrons. The summed E-state index contributed by atoms with van der Waals surface area (Å²) in [5, 5.41) is 19.1. The van der Waals surface area contributed by atoms with E-state index in [9.17, 15) is 9.90 Å². The summed E-state index contributed by atoms with van der Waals surface area (Å²) in [5.41, 5.74) is -0.672. The fraction of sp³-hybridized carbons (Fsp3) is 0.762. The molecule has 0 bridgehead atoms. The van der Waals surface area contributed by atoms with Crippen LogP contribution < -0.4 is 0 Å². The molecular weight excluding hydrogens is 300 g/mol. The van der Waals surface area contributed by atoms with E-state index in [0.717, 1.165) is 32.1 Å². The standard InChI is InChI=1S/C21H36O3/c1-3-4-9-16-21(2,24)17-15-19-13-10-12-18(19)11-7-5-6-8-14-20(22)23/h5,7,15,17-19,24H,3-4,6,8-14,16H2,1-2H3,(H,22,23)/b7-5-,17-15+/t18-,19?,21-/m0/s1. The molecule has 0 aliphatic heterocycles. The Hall–Kier alpha value is -1.09. The van der Waals surface area contributed by atoms with Gasteiger partial charge in [-0.05, 0) is 57.3 Å². The molecule has 1 aliphatic carbocycles. The minimum atomic E-state index is -0.713. The van der Waals surface area contributed by atoms with E-state index in [1.165, 1.54) is 32.1 Å². The summed E-state index contributed by atoms with van der Waals surface area (Å²) in [5.74, 6) is 0.533. The Labute approximate surface area is 147 Å². The van der Waals surface area contributed by atoms with Crippen LogP contribution in [-0.4, -0.2) is 21.8 Å². The van der Waals surface area contributed by atoms with Crippen molar-refractivity contribution in [2.24, 2.45) is 11.8 Å². The molecule has 0 amide bonds. The fourth-order valence-electron chi connectivity index (χ4n) is 3.52. The van der Waals surface area contributed by atoms with Gasteiger partial charge in [0.1, 0.15) is 0 Å². The van der Waals surface area contributed by atoms with E-state index >= 15 is 0 Å². The van der Waals surface area contributed by atoms with Crippen molar-refractivity contribution in [3.63, 3.8) is 0 Å². The molecule has 3 atom stereocenters. The lowest BCUT2D eigenvalue weighted by Crippen LogP contribution is -2.21. The number of aliphatic hydroxyl groups is 1. The number of hydrogen-bond donors (Lipinski definition) is 2. The molecule has 2 N–H and O–H groups in total. The molecule has 0 aromatic carbocycles. The van der Waals surface area contributed by atoms with Gasteiger partial charge in [-0.2, -0.15) is 0 Å². The van der Waals surface area contributed by atoms with Crippen LogP contribution in [0.5, 0.6) is 0 Å². The molecule has 1 rings (SSSR count). The van der Waals surface area contributed by atoms with Crippen molar-refractivity contribution in [1.29, 1.82) is 0 Å². The first kappa shape index (κ1) is 21.0. The first-order chi connectivity index (χ1) is 11.4. The third-order valence-electron chi connectivity index (χ3n) is 5.07. The largest absolute Gasteiger partial charge is 0.481 e. The predicted molar refractivity (Wildman–Crippen MR) is 100.0 cm³/mol. The van der Waals surface area contributed by atoms with Crippen LogP contribution in [0.2, 0.25) is 0 Å². The topological polar surface area (TPSA) is 57.5 Å². The van der Waals surface area contributed by atoms with Gasteiger partial charge in [0.2, 0.25) is 0 Å². The van der Waals surface area contributed by atoms with Crippen LogP contribution in [0.4, 0.5) is 0 Å². The van der Waals surface area contributed by atoms with Gasteiger partial charge in [0.05, 0.1) is 5.60 Å². The average molecular weight is 337 g/mol. The summed E-state index contributed by atoms with van der Waals surface area (Å²) < 4.78 is 0. The summed E-state index contributed by atoms with van der Waals surface area (Å²) in [6.07, 6.45) is 19.6. The number of rotatable bonds is 12. The summed E-state index contributed by atoms with van der Waals surface area (Å²) >= 11 is 0. The highest BCUT2D eigenvalue weighted by Crippen LogP contribution is 2.36. The van der Waals surface area contributed by atoms with Gasteiger partial charge in [-0.25, -0.2) is 0 Å². The van der Waals surface area contributed by atoms with Crippen molar-refractivity contribution < 1.29 is 15.0 Å². The zero-order valence-electron chi connectivity index (χ0n) is 15.5. The smallest absolute Gasteiger partial charge is 0.303 e. The SMILES string of the molecule is CCCCC[C@](C)(O)/C=C/C1CCC[C@@H]1C/C=C\CCCC(=O)O. The minimum absolute atomic E-state index is 0.256. The normalized spacial score (nSPS) is 24.0. The maximum atomic E-state index is 10.5. The van der Waals surface area contributed by atoms with Crippen LogP contribution in [-0.2, 0) is 4.79 Å². The number of carbonyl (C=O) groups is 1. The van der Waals surface area contributed by atoms with Crippen molar-refractivity contribution in [2.45, 2.75) is 90.1 Å². The lowest BCUT2D eigenvalue weighted by atomic mass is 9.89. The van der Waals surface area contributed by atoms with E-state index in [2.05, 4.69) is 25.2 Å². The molecule has 0 radical (unpaired) electrons. The van der Waals surface area contributed by atoms with E-state index in [1.807, 2.05) is 13.0 Å². The Morgan fingerprint density at radius 1 is 1.21 bits per heavy atom. The molecule has 0 spiro atoms. The van der Waals surface area contributed by atoms with Crippen molar-refractivity contribution in [2.75, 3.05) is 0 Å². The third kappa shape index (κ3) is 9.27. The van der Waals surface area contributed by atoms with Gasteiger partial charge in [0.15, 0.2) is 0 Å². The molecule has 1 aliphatic rings. The maximum absolute atomic E-state index is 10.5. The average Bonchev–Trinajstić information content (AvgIpc) is 2.96. The summed E-state index contributed by atoms with van der Waals surface area (Å²) in [6.45, 7) is 4.11. The van der Waals surface area contributed by atoms with Crippen molar-refractivity contribution in [3.8, 4) is 0 Å². The Bertz CT molecular complexity index is 409. The molecule has 24 heavy (non-hydrogen) atoms. The highest BCUT2D eigenvalue weighted by molar-refractivity contribution is 5.66. The molecule has 3 nitrogen and oxygen atoms in total. The Morgan fingerprint density at radius 2 is 2.00 bits per heavy atom. The summed E-state index contributed by atoms with van der Waals surface area (Å²) in [7, 11) is 0. The molecular formula is C21H36O3. The van der Waals surface area contributed by atoms with E-state index in [0.29, 0.717) is 11.8 Å². The molecule has 1 saturated carbocycles. The monoisotopic (exact) mass is 336 g/mol. The van der Waals surface area contributed by atoms with E-state index < -0.39 is 11.6 Å². The zero-order valence-corrected chi connectivity index (χ0v) is 15.5. The van der Waals surface area contributed by atoms with Gasteiger partial charge < -0.3 is 10.2 Å². The third-order valence-corrected chi connectivity index (χ3v) is 5.07. The molecule has 0 heterocycles. The number of aliphatic carboxylic acids is 1. The van der Waals surface area contributed by atoms with Crippen LogP contribution in [0.1, 0.15) is 84.5 Å². The van der Waals surface area contributed by atoms with Gasteiger partial charge in [0, 0.05) is 6.42 Å². The van der Waals surface area contributed by atoms with Crippen LogP contribution in [0, 0.1) is 11.8 Å². The second-order valence-electron chi connectivity index (χ2n) is 7.52. The van der Waals surface area contributed by atoms with Crippen LogP contribution in [0.25, 0.3) is 0 Å². The second kappa shape index (κ2) is 11.5. The number of carboxylic acid groups (broad SMARTS) is 1. The lowest BCUT2D eigenvalue weighted by molar-refractivity contribution is -0.137. The van der Waals surface area contributed by atoms with Gasteiger partial charge in [0.25, 0.3) is 0 Å². The zero-order chi connectivity index (χ0) is 17.8. The highest BCUT2D eigenvalue weighted by atomic mass is 16.4. The number of carboxylic acids is 1. The number of allylic oxidation sites excluding steroid dienone is 3. The van der Waals surface area contributed by atoms with Crippen LogP contribution >= 0.6 is 0 Å². The minimum Gasteiger partial charge on any atom is -0.481 e. The summed E-state index contributed by atoms with van der Waals surface area (Å²) in [6, 6.07) is 0. The second-order valence-corrected chi connectivity index (χ2v) is 7.52. The van der Waals surface area contributed by atoms with Gasteiger partial charge >= 0.3 is 5.97 Å². The van der Waals surface area contributed by atoms with Crippen LogP contribution in [0.3, 0.4) is 0 Å². The van der Waals surface area contributed by atoms with Crippen molar-refractivity contribution >= 4 is 5.97 Å². The predicted octanol–water partition coefficient (Wildman–Crippen LogP) is 5.49. The van der Waals surface area contributed by atoms with Crippen LogP contribution in [0.15, 0.2) is 24.3 Å². The molecule has 1 fully saturated rings. The Balaban J connectivity index is 2.35. The molecule has 0 saturated heterocycles. The first-order valence-electron chi connectivity index (χ1n) is 9.73. The van der Waals surface area contributed by atoms with E-state index in [1.54, 1.807) is 0 Å². The van der Waals surface area contributed by atoms with Gasteiger partial charge in [-0.1, -0.05) is 56.9 Å². The number of unbranched alkanes of at least 4 members (excludes halogenated alkanes) is 3. The Morgan fingerprint density at radius 3 is 2.71 bits per heavy atom. The van der Waals surface area contributed by atoms with E-state index in [4.69, 9.17) is 5.11 Å². The Kier molecular flexibility index (Phi) is 10.0. The number of hydrogen-bond acceptors (Lipinski definition) is 2. The first-order valence-corrected chi connectivity index (χ1v) is 9.73. The molecule has 1 unspecified atom stereocenters. The highest BCUT2D eigenvalue weighted by Gasteiger charge is 2.25. The van der Waals surface area contributed by atoms with Crippen molar-refractivity contribution in [1.82, 2.24) is 0 Å².